The van der Waals surface area contributed by atoms with Gasteiger partial charge in [-0.3, -0.25) is 0 Å². The molecule has 0 radical (unpaired) electrons. The molecule has 1 aromatic rings. The number of hydrogen-bond donors (Lipinski definition) is 1. The molecule has 0 amide bonds. The molecule has 3 atom stereocenters. The lowest BCUT2D eigenvalue weighted by Gasteiger charge is -2.33. The first-order chi connectivity index (χ1) is 9.29. The SMILES string of the molecule is Cc1ccc(F)c(C(O)C2CCCC(C(F)(F)F)C2)c1. The molecule has 0 spiro atoms. The van der Waals surface area contributed by atoms with Gasteiger partial charge >= 0.3 is 6.18 Å². The fraction of sp³-hybridized carbons (Fsp3) is 0.600. The van der Waals surface area contributed by atoms with Crippen LogP contribution >= 0.6 is 0 Å². The molecule has 1 aliphatic carbocycles. The molecule has 112 valence electrons. The molecule has 0 aliphatic heterocycles. The Kier molecular flexibility index (Phi) is 4.37. The Hall–Kier alpha value is -1.10. The van der Waals surface area contributed by atoms with E-state index in [1.54, 1.807) is 13.0 Å². The number of alkyl halides is 3. The van der Waals surface area contributed by atoms with Gasteiger partial charge in [0.2, 0.25) is 0 Å². The summed E-state index contributed by atoms with van der Waals surface area (Å²) < 4.78 is 52.0. The second-order valence-electron chi connectivity index (χ2n) is 5.64. The minimum absolute atomic E-state index is 0.100. The molecule has 1 nitrogen and oxygen atoms in total. The predicted molar refractivity (Wildman–Crippen MR) is 67.6 cm³/mol. The van der Waals surface area contributed by atoms with Crippen LogP contribution in [0.15, 0.2) is 18.2 Å². The first-order valence-corrected chi connectivity index (χ1v) is 6.80. The number of aryl methyl sites for hydroxylation is 1. The first-order valence-electron chi connectivity index (χ1n) is 6.80. The Labute approximate surface area is 115 Å². The molecular formula is C15H18F4O. The molecule has 1 aliphatic rings. The lowest BCUT2D eigenvalue weighted by molar-refractivity contribution is -0.189. The fourth-order valence-electron chi connectivity index (χ4n) is 2.96. The number of hydrogen-bond acceptors (Lipinski definition) is 1. The van der Waals surface area contributed by atoms with Crippen LogP contribution in [0.4, 0.5) is 17.6 Å². The summed E-state index contributed by atoms with van der Waals surface area (Å²) in [6.07, 6.45) is -4.51. The van der Waals surface area contributed by atoms with E-state index in [1.807, 2.05) is 0 Å². The van der Waals surface area contributed by atoms with Crippen LogP contribution in [-0.2, 0) is 0 Å². The Morgan fingerprint density at radius 1 is 1.25 bits per heavy atom. The van der Waals surface area contributed by atoms with E-state index in [9.17, 15) is 22.7 Å². The van der Waals surface area contributed by atoms with E-state index >= 15 is 0 Å². The zero-order valence-corrected chi connectivity index (χ0v) is 11.3. The fourth-order valence-corrected chi connectivity index (χ4v) is 2.96. The van der Waals surface area contributed by atoms with Crippen molar-refractivity contribution >= 4 is 0 Å². The summed E-state index contributed by atoms with van der Waals surface area (Å²) in [5, 5.41) is 10.2. The number of benzene rings is 1. The van der Waals surface area contributed by atoms with Gasteiger partial charge in [-0.15, -0.1) is 0 Å². The van der Waals surface area contributed by atoms with Crippen LogP contribution < -0.4 is 0 Å². The van der Waals surface area contributed by atoms with Crippen LogP contribution in [0, 0.1) is 24.6 Å². The number of aliphatic hydroxyl groups is 1. The number of halogens is 4. The summed E-state index contributed by atoms with van der Waals surface area (Å²) in [5.74, 6) is -2.48. The topological polar surface area (TPSA) is 20.2 Å². The summed E-state index contributed by atoms with van der Waals surface area (Å²) in [6, 6.07) is 4.33. The summed E-state index contributed by atoms with van der Waals surface area (Å²) >= 11 is 0. The third kappa shape index (κ3) is 3.32. The third-order valence-electron chi connectivity index (χ3n) is 4.09. The van der Waals surface area contributed by atoms with Crippen LogP contribution in [0.2, 0.25) is 0 Å². The van der Waals surface area contributed by atoms with Crippen LogP contribution in [0.5, 0.6) is 0 Å². The second kappa shape index (κ2) is 5.72. The molecular weight excluding hydrogens is 272 g/mol. The molecule has 1 N–H and O–H groups in total. The maximum atomic E-state index is 13.7. The highest BCUT2D eigenvalue weighted by Gasteiger charge is 2.43. The van der Waals surface area contributed by atoms with Crippen molar-refractivity contribution in [3.8, 4) is 0 Å². The van der Waals surface area contributed by atoms with Crippen LogP contribution in [0.1, 0.15) is 42.9 Å². The van der Waals surface area contributed by atoms with Gasteiger partial charge in [0.1, 0.15) is 5.82 Å². The maximum Gasteiger partial charge on any atom is 0.391 e. The van der Waals surface area contributed by atoms with E-state index in [1.165, 1.54) is 12.1 Å². The quantitative estimate of drug-likeness (QED) is 0.793. The van der Waals surface area contributed by atoms with Crippen molar-refractivity contribution in [3.05, 3.63) is 35.1 Å². The normalized spacial score (nSPS) is 25.5. The molecule has 0 heterocycles. The maximum absolute atomic E-state index is 13.7. The predicted octanol–water partition coefficient (Wildman–Crippen LogP) is 4.54. The van der Waals surface area contributed by atoms with Crippen LogP contribution in [0.3, 0.4) is 0 Å². The minimum Gasteiger partial charge on any atom is -0.388 e. The monoisotopic (exact) mass is 290 g/mol. The van der Waals surface area contributed by atoms with Crippen molar-refractivity contribution in [1.82, 2.24) is 0 Å². The Morgan fingerprint density at radius 2 is 1.95 bits per heavy atom. The van der Waals surface area contributed by atoms with Gasteiger partial charge in [-0.05, 0) is 38.2 Å². The van der Waals surface area contributed by atoms with E-state index in [0.717, 1.165) is 5.56 Å². The summed E-state index contributed by atoms with van der Waals surface area (Å²) in [6.45, 7) is 1.76. The van der Waals surface area contributed by atoms with Gasteiger partial charge in [-0.2, -0.15) is 13.2 Å². The molecule has 2 rings (SSSR count). The zero-order chi connectivity index (χ0) is 14.9. The van der Waals surface area contributed by atoms with Crippen molar-refractivity contribution < 1.29 is 22.7 Å². The number of aliphatic hydroxyl groups excluding tert-OH is 1. The molecule has 0 aromatic heterocycles. The van der Waals surface area contributed by atoms with Gasteiger partial charge in [-0.1, -0.05) is 24.1 Å². The highest BCUT2D eigenvalue weighted by atomic mass is 19.4. The minimum atomic E-state index is -4.23. The Bertz CT molecular complexity index is 469. The van der Waals surface area contributed by atoms with Crippen LogP contribution in [-0.4, -0.2) is 11.3 Å². The van der Waals surface area contributed by atoms with E-state index in [2.05, 4.69) is 0 Å². The van der Waals surface area contributed by atoms with Gasteiger partial charge in [0.05, 0.1) is 12.0 Å². The average molecular weight is 290 g/mol. The summed E-state index contributed by atoms with van der Waals surface area (Å²) in [5.41, 5.74) is 0.890. The highest BCUT2D eigenvalue weighted by Crippen LogP contribution is 2.44. The summed E-state index contributed by atoms with van der Waals surface area (Å²) in [4.78, 5) is 0. The third-order valence-corrected chi connectivity index (χ3v) is 4.09. The molecule has 0 bridgehead atoms. The van der Waals surface area contributed by atoms with Crippen molar-refractivity contribution in [3.63, 3.8) is 0 Å². The molecule has 5 heteroatoms. The summed E-state index contributed by atoms with van der Waals surface area (Å²) in [7, 11) is 0. The van der Waals surface area contributed by atoms with Crippen molar-refractivity contribution in [1.29, 1.82) is 0 Å². The average Bonchev–Trinajstić information content (AvgIpc) is 2.40. The lowest BCUT2D eigenvalue weighted by Crippen LogP contribution is -2.31. The van der Waals surface area contributed by atoms with E-state index in [-0.39, 0.29) is 18.4 Å². The zero-order valence-electron chi connectivity index (χ0n) is 11.3. The molecule has 1 saturated carbocycles. The van der Waals surface area contributed by atoms with Gasteiger partial charge in [0, 0.05) is 5.56 Å². The molecule has 3 unspecified atom stereocenters. The van der Waals surface area contributed by atoms with E-state index in [4.69, 9.17) is 0 Å². The van der Waals surface area contributed by atoms with Crippen molar-refractivity contribution in [2.75, 3.05) is 0 Å². The van der Waals surface area contributed by atoms with Gasteiger partial charge < -0.3 is 5.11 Å². The molecule has 20 heavy (non-hydrogen) atoms. The van der Waals surface area contributed by atoms with Gasteiger partial charge in [-0.25, -0.2) is 4.39 Å². The second-order valence-corrected chi connectivity index (χ2v) is 5.64. The van der Waals surface area contributed by atoms with E-state index in [0.29, 0.717) is 12.8 Å². The van der Waals surface area contributed by atoms with Crippen molar-refractivity contribution in [2.24, 2.45) is 11.8 Å². The smallest absolute Gasteiger partial charge is 0.388 e. The lowest BCUT2D eigenvalue weighted by atomic mass is 9.76. The van der Waals surface area contributed by atoms with Crippen LogP contribution in [0.25, 0.3) is 0 Å². The Morgan fingerprint density at radius 3 is 2.60 bits per heavy atom. The highest BCUT2D eigenvalue weighted by molar-refractivity contribution is 5.26. The largest absolute Gasteiger partial charge is 0.391 e. The Balaban J connectivity index is 2.16. The van der Waals surface area contributed by atoms with Gasteiger partial charge in [0.15, 0.2) is 0 Å². The molecule has 1 fully saturated rings. The standard InChI is InChI=1S/C15H18F4O/c1-9-5-6-13(16)12(7-9)14(20)10-3-2-4-11(8-10)15(17,18)19/h5-7,10-11,14,20H,2-4,8H2,1H3. The van der Waals surface area contributed by atoms with E-state index < -0.39 is 29.9 Å². The molecule has 1 aromatic carbocycles. The first kappa shape index (κ1) is 15.3. The number of rotatable bonds is 2. The molecule has 0 saturated heterocycles. The van der Waals surface area contributed by atoms with Gasteiger partial charge in [0.25, 0.3) is 0 Å². The van der Waals surface area contributed by atoms with Crippen molar-refractivity contribution in [2.45, 2.75) is 44.9 Å².